The second-order valence-corrected chi connectivity index (χ2v) is 5.61. The van der Waals surface area contributed by atoms with Gasteiger partial charge in [-0.1, -0.05) is 18.0 Å². The van der Waals surface area contributed by atoms with E-state index < -0.39 is 0 Å². The van der Waals surface area contributed by atoms with Crippen LogP contribution in [0, 0.1) is 5.92 Å². The molecule has 1 amide bonds. The minimum Gasteiger partial charge on any atom is -0.497 e. The molecular formula is C17H20N2O3. The number of hydrogen-bond donors (Lipinski definition) is 1. The minimum absolute atomic E-state index is 0.125. The predicted octanol–water partition coefficient (Wildman–Crippen LogP) is 3.16. The Morgan fingerprint density at radius 2 is 2.05 bits per heavy atom. The largest absolute Gasteiger partial charge is 0.497 e. The summed E-state index contributed by atoms with van der Waals surface area (Å²) >= 11 is 0. The molecule has 1 heterocycles. The summed E-state index contributed by atoms with van der Waals surface area (Å²) in [5.74, 6) is 1.76. The molecule has 1 N–H and O–H groups in total. The maximum atomic E-state index is 12.0. The van der Waals surface area contributed by atoms with Crippen LogP contribution in [0.3, 0.4) is 0 Å². The number of amides is 1. The lowest BCUT2D eigenvalue weighted by Gasteiger charge is -2.08. The topological polar surface area (TPSA) is 64.4 Å². The lowest BCUT2D eigenvalue weighted by Crippen LogP contribution is -2.28. The molecule has 5 nitrogen and oxygen atoms in total. The Labute approximate surface area is 129 Å². The van der Waals surface area contributed by atoms with E-state index in [1.54, 1.807) is 7.11 Å². The molecule has 0 atom stereocenters. The van der Waals surface area contributed by atoms with Crippen LogP contribution in [0.1, 0.15) is 31.4 Å². The third kappa shape index (κ3) is 3.30. The molecule has 0 unspecified atom stereocenters. The first-order valence-electron chi connectivity index (χ1n) is 7.64. The maximum absolute atomic E-state index is 12.0. The number of aromatic nitrogens is 1. The molecule has 0 spiro atoms. The van der Waals surface area contributed by atoms with Crippen LogP contribution in [-0.2, 0) is 11.3 Å². The van der Waals surface area contributed by atoms with Gasteiger partial charge in [-0.2, -0.15) is 0 Å². The monoisotopic (exact) mass is 300 g/mol. The van der Waals surface area contributed by atoms with E-state index in [4.69, 9.17) is 9.26 Å². The molecule has 2 aromatic rings. The highest BCUT2D eigenvalue weighted by Crippen LogP contribution is 2.25. The van der Waals surface area contributed by atoms with Crippen molar-refractivity contribution in [2.75, 3.05) is 7.11 Å². The summed E-state index contributed by atoms with van der Waals surface area (Å²) in [7, 11) is 1.64. The van der Waals surface area contributed by atoms with Gasteiger partial charge in [0.25, 0.3) is 0 Å². The van der Waals surface area contributed by atoms with Crippen molar-refractivity contribution in [1.82, 2.24) is 10.5 Å². The Hall–Kier alpha value is -2.30. The van der Waals surface area contributed by atoms with E-state index in [-0.39, 0.29) is 11.8 Å². The van der Waals surface area contributed by atoms with Crippen molar-refractivity contribution in [3.8, 4) is 17.0 Å². The standard InChI is InChI=1S/C17H20N2O3/c1-21-14-8-6-12(7-9-14)16-10-15(22-19-16)11-18-17(20)13-4-2-3-5-13/h6-10,13H,2-5,11H2,1H3,(H,18,20). The smallest absolute Gasteiger partial charge is 0.223 e. The summed E-state index contributed by atoms with van der Waals surface area (Å²) < 4.78 is 10.4. The second kappa shape index (κ2) is 6.64. The fourth-order valence-corrected chi connectivity index (χ4v) is 2.80. The van der Waals surface area contributed by atoms with Gasteiger partial charge in [0.05, 0.1) is 13.7 Å². The van der Waals surface area contributed by atoms with Crippen molar-refractivity contribution in [2.24, 2.45) is 5.92 Å². The van der Waals surface area contributed by atoms with Crippen LogP contribution in [0.5, 0.6) is 5.75 Å². The summed E-state index contributed by atoms with van der Waals surface area (Å²) in [5, 5.41) is 6.98. The quantitative estimate of drug-likeness (QED) is 0.921. The van der Waals surface area contributed by atoms with Crippen LogP contribution in [0.25, 0.3) is 11.3 Å². The molecule has 1 fully saturated rings. The number of benzene rings is 1. The maximum Gasteiger partial charge on any atom is 0.223 e. The van der Waals surface area contributed by atoms with Gasteiger partial charge in [0.1, 0.15) is 11.4 Å². The normalized spacial score (nSPS) is 15.0. The average molecular weight is 300 g/mol. The molecule has 5 heteroatoms. The van der Waals surface area contributed by atoms with Crippen molar-refractivity contribution >= 4 is 5.91 Å². The average Bonchev–Trinajstić information content (AvgIpc) is 3.24. The van der Waals surface area contributed by atoms with Gasteiger partial charge in [-0.15, -0.1) is 0 Å². The first-order chi connectivity index (χ1) is 10.8. The first-order valence-corrected chi connectivity index (χ1v) is 7.64. The zero-order valence-electron chi connectivity index (χ0n) is 12.7. The van der Waals surface area contributed by atoms with Crippen molar-refractivity contribution in [3.63, 3.8) is 0 Å². The molecule has 0 aliphatic heterocycles. The number of nitrogens with one attached hydrogen (secondary N) is 1. The molecule has 0 bridgehead atoms. The Morgan fingerprint density at radius 1 is 1.32 bits per heavy atom. The summed E-state index contributed by atoms with van der Waals surface area (Å²) in [6.45, 7) is 0.387. The molecule has 22 heavy (non-hydrogen) atoms. The molecular weight excluding hydrogens is 280 g/mol. The van der Waals surface area contributed by atoms with Crippen LogP contribution in [0.2, 0.25) is 0 Å². The van der Waals surface area contributed by atoms with Crippen molar-refractivity contribution in [3.05, 3.63) is 36.1 Å². The van der Waals surface area contributed by atoms with E-state index in [1.807, 2.05) is 30.3 Å². The van der Waals surface area contributed by atoms with Crippen molar-refractivity contribution in [1.29, 1.82) is 0 Å². The highest BCUT2D eigenvalue weighted by molar-refractivity contribution is 5.78. The second-order valence-electron chi connectivity index (χ2n) is 5.61. The van der Waals surface area contributed by atoms with Gasteiger partial charge in [-0.3, -0.25) is 4.79 Å². The molecule has 116 valence electrons. The zero-order chi connectivity index (χ0) is 15.4. The van der Waals surface area contributed by atoms with E-state index >= 15 is 0 Å². The third-order valence-electron chi connectivity index (χ3n) is 4.11. The number of hydrogen-bond acceptors (Lipinski definition) is 4. The van der Waals surface area contributed by atoms with E-state index in [9.17, 15) is 4.79 Å². The molecule has 1 aliphatic carbocycles. The summed E-state index contributed by atoms with van der Waals surface area (Å²) in [5.41, 5.74) is 1.71. The fraction of sp³-hybridized carbons (Fsp3) is 0.412. The zero-order valence-corrected chi connectivity index (χ0v) is 12.7. The lowest BCUT2D eigenvalue weighted by molar-refractivity contribution is -0.125. The van der Waals surface area contributed by atoms with Crippen molar-refractivity contribution < 1.29 is 14.1 Å². The van der Waals surface area contributed by atoms with Gasteiger partial charge < -0.3 is 14.6 Å². The Balaban J connectivity index is 1.59. The van der Waals surface area contributed by atoms with Crippen LogP contribution in [0.15, 0.2) is 34.9 Å². The summed E-state index contributed by atoms with van der Waals surface area (Å²) in [6.07, 6.45) is 4.31. The van der Waals surface area contributed by atoms with E-state index in [1.165, 1.54) is 0 Å². The van der Waals surface area contributed by atoms with Crippen LogP contribution >= 0.6 is 0 Å². The molecule has 1 aromatic heterocycles. The highest BCUT2D eigenvalue weighted by Gasteiger charge is 2.22. The first kappa shape index (κ1) is 14.6. The molecule has 1 aliphatic rings. The lowest BCUT2D eigenvalue weighted by atomic mass is 10.1. The number of nitrogens with zero attached hydrogens (tertiary/aromatic N) is 1. The van der Waals surface area contributed by atoms with Crippen LogP contribution in [-0.4, -0.2) is 18.2 Å². The summed E-state index contributed by atoms with van der Waals surface area (Å²) in [6, 6.07) is 9.48. The number of carbonyl (C=O) groups is 1. The minimum atomic E-state index is 0.125. The van der Waals surface area contributed by atoms with Gasteiger partial charge in [0, 0.05) is 17.5 Å². The summed E-state index contributed by atoms with van der Waals surface area (Å²) in [4.78, 5) is 12.0. The van der Waals surface area contributed by atoms with Crippen LogP contribution < -0.4 is 10.1 Å². The van der Waals surface area contributed by atoms with Gasteiger partial charge >= 0.3 is 0 Å². The predicted molar refractivity (Wildman–Crippen MR) is 82.3 cm³/mol. The Morgan fingerprint density at radius 3 is 2.73 bits per heavy atom. The molecule has 3 rings (SSSR count). The number of ether oxygens (including phenoxy) is 1. The van der Waals surface area contributed by atoms with E-state index in [0.717, 1.165) is 42.7 Å². The fourth-order valence-electron chi connectivity index (χ4n) is 2.80. The van der Waals surface area contributed by atoms with Gasteiger partial charge in [0.2, 0.25) is 5.91 Å². The van der Waals surface area contributed by atoms with E-state index in [2.05, 4.69) is 10.5 Å². The van der Waals surface area contributed by atoms with E-state index in [0.29, 0.717) is 12.3 Å². The van der Waals surface area contributed by atoms with Gasteiger partial charge in [0.15, 0.2) is 5.76 Å². The molecule has 0 radical (unpaired) electrons. The SMILES string of the molecule is COc1ccc(-c2cc(CNC(=O)C3CCCC3)on2)cc1. The molecule has 0 saturated heterocycles. The van der Waals surface area contributed by atoms with Gasteiger partial charge in [-0.05, 0) is 37.1 Å². The highest BCUT2D eigenvalue weighted by atomic mass is 16.5. The Bertz CT molecular complexity index is 628. The van der Waals surface area contributed by atoms with Crippen LogP contribution in [0.4, 0.5) is 0 Å². The Kier molecular flexibility index (Phi) is 4.42. The number of methoxy groups -OCH3 is 1. The molecule has 1 aromatic carbocycles. The number of carbonyl (C=O) groups excluding carboxylic acids is 1. The number of rotatable bonds is 5. The third-order valence-corrected chi connectivity index (χ3v) is 4.11. The molecule has 1 saturated carbocycles. The van der Waals surface area contributed by atoms with Crippen molar-refractivity contribution in [2.45, 2.75) is 32.2 Å². The van der Waals surface area contributed by atoms with Gasteiger partial charge in [-0.25, -0.2) is 0 Å².